The number of hydrogen-bond donors (Lipinski definition) is 2. The Bertz CT molecular complexity index is 173. The second-order valence-electron chi connectivity index (χ2n) is 4.87. The highest BCUT2D eigenvalue weighted by atomic mass is 15.2. The molecule has 1 aliphatic carbocycles. The van der Waals surface area contributed by atoms with E-state index in [1.165, 1.54) is 19.3 Å². The molecule has 2 atom stereocenters. The van der Waals surface area contributed by atoms with Gasteiger partial charge in [-0.2, -0.15) is 0 Å². The molecule has 76 valence electrons. The first kappa shape index (κ1) is 9.44. The van der Waals surface area contributed by atoms with Crippen molar-refractivity contribution in [3.8, 4) is 0 Å². The zero-order valence-electron chi connectivity index (χ0n) is 8.71. The van der Waals surface area contributed by atoms with Crippen molar-refractivity contribution in [3.63, 3.8) is 0 Å². The molecule has 1 saturated heterocycles. The number of nitrogens with zero attached hydrogens (tertiary/aromatic N) is 1. The van der Waals surface area contributed by atoms with Gasteiger partial charge in [0.15, 0.2) is 0 Å². The molecule has 2 rings (SSSR count). The highest BCUT2D eigenvalue weighted by Crippen LogP contribution is 2.30. The molecule has 0 spiro atoms. The average molecular weight is 183 g/mol. The predicted octanol–water partition coefficient (Wildman–Crippen LogP) is 0.160. The summed E-state index contributed by atoms with van der Waals surface area (Å²) in [7, 11) is 2.19. The third-order valence-corrected chi connectivity index (χ3v) is 3.47. The third-order valence-electron chi connectivity index (χ3n) is 3.47. The van der Waals surface area contributed by atoms with Crippen molar-refractivity contribution in [3.05, 3.63) is 0 Å². The van der Waals surface area contributed by atoms with Crippen LogP contribution in [0.25, 0.3) is 0 Å². The molecule has 0 aromatic heterocycles. The Morgan fingerprint density at radius 2 is 2.23 bits per heavy atom. The summed E-state index contributed by atoms with van der Waals surface area (Å²) in [5.74, 6) is 0. The van der Waals surface area contributed by atoms with Gasteiger partial charge in [-0.3, -0.25) is 0 Å². The maximum Gasteiger partial charge on any atom is 0.0449 e. The SMILES string of the molecule is CC1CC(CN)(NC2CC2)CN1C. The van der Waals surface area contributed by atoms with E-state index in [0.717, 1.165) is 19.1 Å². The van der Waals surface area contributed by atoms with Gasteiger partial charge >= 0.3 is 0 Å². The van der Waals surface area contributed by atoms with Crippen molar-refractivity contribution in [2.24, 2.45) is 5.73 Å². The Hall–Kier alpha value is -0.120. The maximum absolute atomic E-state index is 5.88. The van der Waals surface area contributed by atoms with Crippen molar-refractivity contribution in [1.29, 1.82) is 0 Å². The van der Waals surface area contributed by atoms with E-state index in [2.05, 4.69) is 24.2 Å². The molecular formula is C10H21N3. The maximum atomic E-state index is 5.88. The topological polar surface area (TPSA) is 41.3 Å². The molecule has 3 N–H and O–H groups in total. The number of nitrogens with one attached hydrogen (secondary N) is 1. The summed E-state index contributed by atoms with van der Waals surface area (Å²) in [4.78, 5) is 2.41. The van der Waals surface area contributed by atoms with Crippen molar-refractivity contribution >= 4 is 0 Å². The molecule has 3 heteroatoms. The van der Waals surface area contributed by atoms with E-state index < -0.39 is 0 Å². The molecule has 0 bridgehead atoms. The zero-order valence-corrected chi connectivity index (χ0v) is 8.71. The molecule has 0 radical (unpaired) electrons. The van der Waals surface area contributed by atoms with E-state index in [-0.39, 0.29) is 5.54 Å². The van der Waals surface area contributed by atoms with Gasteiger partial charge in [0, 0.05) is 30.7 Å². The van der Waals surface area contributed by atoms with Crippen molar-refractivity contribution < 1.29 is 0 Å². The Kier molecular flexibility index (Phi) is 2.34. The molecular weight excluding hydrogens is 162 g/mol. The lowest BCUT2D eigenvalue weighted by Crippen LogP contribution is -2.53. The van der Waals surface area contributed by atoms with Crippen LogP contribution in [0.1, 0.15) is 26.2 Å². The minimum atomic E-state index is 0.218. The molecule has 0 amide bonds. The zero-order chi connectivity index (χ0) is 9.47. The summed E-state index contributed by atoms with van der Waals surface area (Å²) >= 11 is 0. The van der Waals surface area contributed by atoms with Crippen LogP contribution >= 0.6 is 0 Å². The van der Waals surface area contributed by atoms with Crippen LogP contribution in [0.4, 0.5) is 0 Å². The monoisotopic (exact) mass is 183 g/mol. The van der Waals surface area contributed by atoms with Crippen molar-refractivity contribution in [1.82, 2.24) is 10.2 Å². The van der Waals surface area contributed by atoms with Gasteiger partial charge in [0.25, 0.3) is 0 Å². The summed E-state index contributed by atoms with van der Waals surface area (Å²) in [5.41, 5.74) is 6.10. The minimum Gasteiger partial charge on any atom is -0.329 e. The first-order chi connectivity index (χ1) is 6.15. The highest BCUT2D eigenvalue weighted by molar-refractivity contribution is 5.04. The smallest absolute Gasteiger partial charge is 0.0449 e. The number of likely N-dealkylation sites (tertiary alicyclic amines) is 1. The third kappa shape index (κ3) is 1.87. The molecule has 1 aliphatic heterocycles. The quantitative estimate of drug-likeness (QED) is 0.655. The summed E-state index contributed by atoms with van der Waals surface area (Å²) < 4.78 is 0. The standard InChI is InChI=1S/C10H21N3/c1-8-5-10(6-11,7-13(8)2)12-9-3-4-9/h8-9,12H,3-7,11H2,1-2H3. The summed E-state index contributed by atoms with van der Waals surface area (Å²) in [6.07, 6.45) is 3.90. The second-order valence-corrected chi connectivity index (χ2v) is 4.87. The fraction of sp³-hybridized carbons (Fsp3) is 1.00. The van der Waals surface area contributed by atoms with Crippen LogP contribution < -0.4 is 11.1 Å². The van der Waals surface area contributed by atoms with Crippen molar-refractivity contribution in [2.75, 3.05) is 20.1 Å². The molecule has 0 aromatic rings. The van der Waals surface area contributed by atoms with E-state index in [9.17, 15) is 0 Å². The molecule has 1 saturated carbocycles. The van der Waals surface area contributed by atoms with Gasteiger partial charge in [0.2, 0.25) is 0 Å². The first-order valence-corrected chi connectivity index (χ1v) is 5.33. The largest absolute Gasteiger partial charge is 0.329 e. The van der Waals surface area contributed by atoms with Crippen LogP contribution in [0.3, 0.4) is 0 Å². The summed E-state index contributed by atoms with van der Waals surface area (Å²) in [6.45, 7) is 4.17. The van der Waals surface area contributed by atoms with E-state index >= 15 is 0 Å². The van der Waals surface area contributed by atoms with Gasteiger partial charge in [-0.05, 0) is 33.2 Å². The first-order valence-electron chi connectivity index (χ1n) is 5.33. The second kappa shape index (κ2) is 3.23. The van der Waals surface area contributed by atoms with Gasteiger partial charge < -0.3 is 16.0 Å². The van der Waals surface area contributed by atoms with Gasteiger partial charge in [-0.1, -0.05) is 0 Å². The number of likely N-dealkylation sites (N-methyl/N-ethyl adjacent to an activating group) is 1. The predicted molar refractivity (Wildman–Crippen MR) is 54.7 cm³/mol. The summed E-state index contributed by atoms with van der Waals surface area (Å²) in [5, 5.41) is 3.71. The molecule has 13 heavy (non-hydrogen) atoms. The van der Waals surface area contributed by atoms with Crippen LogP contribution in [0.5, 0.6) is 0 Å². The number of nitrogens with two attached hydrogens (primary N) is 1. The van der Waals surface area contributed by atoms with E-state index in [1.54, 1.807) is 0 Å². The van der Waals surface area contributed by atoms with Crippen LogP contribution in [-0.4, -0.2) is 42.7 Å². The Morgan fingerprint density at radius 3 is 2.62 bits per heavy atom. The van der Waals surface area contributed by atoms with E-state index in [0.29, 0.717) is 6.04 Å². The van der Waals surface area contributed by atoms with Gasteiger partial charge in [0.05, 0.1) is 0 Å². The van der Waals surface area contributed by atoms with Crippen LogP contribution in [-0.2, 0) is 0 Å². The Labute approximate surface area is 80.7 Å². The molecule has 3 nitrogen and oxygen atoms in total. The Morgan fingerprint density at radius 1 is 1.54 bits per heavy atom. The summed E-state index contributed by atoms with van der Waals surface area (Å²) in [6, 6.07) is 1.44. The van der Waals surface area contributed by atoms with Crippen LogP contribution in [0, 0.1) is 0 Å². The molecule has 2 fully saturated rings. The lowest BCUT2D eigenvalue weighted by molar-refractivity contribution is 0.299. The molecule has 2 aliphatic rings. The van der Waals surface area contributed by atoms with Crippen LogP contribution in [0.15, 0.2) is 0 Å². The fourth-order valence-corrected chi connectivity index (χ4v) is 2.39. The van der Waals surface area contributed by atoms with Crippen molar-refractivity contribution in [2.45, 2.75) is 43.8 Å². The van der Waals surface area contributed by atoms with E-state index in [4.69, 9.17) is 5.73 Å². The number of hydrogen-bond acceptors (Lipinski definition) is 3. The molecule has 0 aromatic carbocycles. The normalized spacial score (nSPS) is 41.3. The lowest BCUT2D eigenvalue weighted by Gasteiger charge is -2.28. The number of rotatable bonds is 3. The fourth-order valence-electron chi connectivity index (χ4n) is 2.39. The minimum absolute atomic E-state index is 0.218. The van der Waals surface area contributed by atoms with Gasteiger partial charge in [0.1, 0.15) is 0 Å². The molecule has 1 heterocycles. The van der Waals surface area contributed by atoms with Gasteiger partial charge in [-0.25, -0.2) is 0 Å². The Balaban J connectivity index is 1.98. The highest BCUT2D eigenvalue weighted by Gasteiger charge is 2.42. The van der Waals surface area contributed by atoms with Gasteiger partial charge in [-0.15, -0.1) is 0 Å². The lowest BCUT2D eigenvalue weighted by atomic mass is 9.96. The average Bonchev–Trinajstić information content (AvgIpc) is 2.82. The van der Waals surface area contributed by atoms with Crippen LogP contribution in [0.2, 0.25) is 0 Å². The van der Waals surface area contributed by atoms with E-state index in [1.807, 2.05) is 0 Å². The molecule has 2 unspecified atom stereocenters.